The van der Waals surface area contributed by atoms with E-state index in [-0.39, 0.29) is 5.82 Å². The number of hydrogen-bond donors (Lipinski definition) is 0. The number of hydrogen-bond acceptors (Lipinski definition) is 2. The minimum absolute atomic E-state index is 0.268. The fraction of sp³-hybridized carbons (Fsp3) is 0.0448. The molecule has 3 nitrogen and oxygen atoms in total. The van der Waals surface area contributed by atoms with Crippen molar-refractivity contribution < 1.29 is 4.39 Å². The molecule has 334 valence electrons. The smallest absolute Gasteiger partial charge is 0.131 e. The first kappa shape index (κ1) is 40.0. The fourth-order valence-electron chi connectivity index (χ4n) is 12.4. The van der Waals surface area contributed by atoms with Crippen molar-refractivity contribution in [2.75, 3.05) is 9.80 Å². The Morgan fingerprint density at radius 2 is 0.901 bits per heavy atom. The molecule has 0 saturated heterocycles. The lowest BCUT2D eigenvalue weighted by atomic mass is 9.81. The van der Waals surface area contributed by atoms with Gasteiger partial charge in [-0.3, -0.25) is 0 Å². The van der Waals surface area contributed by atoms with Crippen molar-refractivity contribution in [1.82, 2.24) is 4.57 Å². The van der Waals surface area contributed by atoms with Gasteiger partial charge < -0.3 is 14.4 Å². The molecule has 0 amide bonds. The van der Waals surface area contributed by atoms with Crippen LogP contribution in [0.25, 0.3) is 92.8 Å². The maximum atomic E-state index is 16.7. The third kappa shape index (κ3) is 5.64. The van der Waals surface area contributed by atoms with Crippen molar-refractivity contribution in [2.24, 2.45) is 0 Å². The lowest BCUT2D eigenvalue weighted by Gasteiger charge is -2.31. The summed E-state index contributed by atoms with van der Waals surface area (Å²) in [5, 5.41) is 11.7. The van der Waals surface area contributed by atoms with Crippen LogP contribution in [0.3, 0.4) is 0 Å². The van der Waals surface area contributed by atoms with E-state index in [0.717, 1.165) is 78.0 Å². The Kier molecular flexibility index (Phi) is 8.30. The molecule has 12 aromatic carbocycles. The summed E-state index contributed by atoms with van der Waals surface area (Å²) in [7, 11) is 0. The second-order valence-electron chi connectivity index (χ2n) is 19.8. The number of benzene rings is 12. The Hall–Kier alpha value is -8.99. The predicted molar refractivity (Wildman–Crippen MR) is 297 cm³/mol. The highest BCUT2D eigenvalue weighted by atomic mass is 19.1. The zero-order chi connectivity index (χ0) is 47.1. The molecule has 0 spiro atoms. The molecule has 5 heterocycles. The molecular weight excluding hydrogens is 866 g/mol. The molecule has 0 radical (unpaired) electrons. The zero-order valence-corrected chi connectivity index (χ0v) is 39.2. The van der Waals surface area contributed by atoms with Crippen LogP contribution in [0.2, 0.25) is 0 Å². The number of rotatable bonds is 3. The van der Waals surface area contributed by atoms with Crippen LogP contribution in [0.1, 0.15) is 25.0 Å². The molecule has 18 rings (SSSR count). The summed E-state index contributed by atoms with van der Waals surface area (Å²) >= 11 is 0. The van der Waals surface area contributed by atoms with Gasteiger partial charge in [0.25, 0.3) is 0 Å². The van der Waals surface area contributed by atoms with Crippen LogP contribution in [-0.2, 0) is 5.41 Å². The Morgan fingerprint density at radius 3 is 1.58 bits per heavy atom. The summed E-state index contributed by atoms with van der Waals surface area (Å²) in [6.07, 6.45) is 0. The lowest BCUT2D eigenvalue weighted by Crippen LogP contribution is -2.18. The normalized spacial score (nSPS) is 13.6. The molecule has 71 heavy (non-hydrogen) atoms. The van der Waals surface area contributed by atoms with Gasteiger partial charge in [0.15, 0.2) is 0 Å². The number of aromatic nitrogens is 1. The number of nitrogens with zero attached hydrogens (tertiary/aromatic N) is 3. The highest BCUT2D eigenvalue weighted by Gasteiger charge is 2.41. The molecule has 5 aliphatic rings. The van der Waals surface area contributed by atoms with E-state index in [2.05, 4.69) is 241 Å². The van der Waals surface area contributed by atoms with Gasteiger partial charge in [-0.15, -0.1) is 0 Å². The van der Waals surface area contributed by atoms with Crippen molar-refractivity contribution in [3.63, 3.8) is 0 Å². The van der Waals surface area contributed by atoms with Crippen molar-refractivity contribution in [1.29, 1.82) is 0 Å². The molecule has 1 aliphatic carbocycles. The van der Waals surface area contributed by atoms with Crippen molar-refractivity contribution in [3.05, 3.63) is 247 Å². The van der Waals surface area contributed by atoms with Gasteiger partial charge in [0.1, 0.15) is 5.82 Å². The van der Waals surface area contributed by atoms with Crippen molar-refractivity contribution in [3.8, 4) is 27.9 Å². The molecule has 1 aromatic heterocycles. The summed E-state index contributed by atoms with van der Waals surface area (Å²) < 4.78 is 19.2. The zero-order valence-electron chi connectivity index (χ0n) is 39.2. The Balaban J connectivity index is 1.13. The van der Waals surface area contributed by atoms with Gasteiger partial charge in [-0.05, 0) is 133 Å². The van der Waals surface area contributed by atoms with E-state index in [1.54, 1.807) is 6.07 Å². The molecule has 0 unspecified atom stereocenters. The van der Waals surface area contributed by atoms with Crippen LogP contribution in [0, 0.1) is 5.82 Å². The van der Waals surface area contributed by atoms with Gasteiger partial charge in [-0.1, -0.05) is 166 Å². The van der Waals surface area contributed by atoms with Crippen LogP contribution >= 0.6 is 0 Å². The molecule has 4 aliphatic heterocycles. The van der Waals surface area contributed by atoms with Gasteiger partial charge in [0.2, 0.25) is 0 Å². The van der Waals surface area contributed by atoms with E-state index in [1.807, 2.05) is 12.1 Å². The van der Waals surface area contributed by atoms with Crippen LogP contribution < -0.4 is 9.80 Å². The maximum absolute atomic E-state index is 16.7. The van der Waals surface area contributed by atoms with Crippen molar-refractivity contribution in [2.45, 2.75) is 19.3 Å². The summed E-state index contributed by atoms with van der Waals surface area (Å²) in [6, 6.07) is 83.0. The van der Waals surface area contributed by atoms with Crippen molar-refractivity contribution >= 4 is 99.0 Å². The Morgan fingerprint density at radius 1 is 0.366 bits per heavy atom. The van der Waals surface area contributed by atoms with Gasteiger partial charge >= 0.3 is 0 Å². The van der Waals surface area contributed by atoms with Gasteiger partial charge in [-0.2, -0.15) is 0 Å². The number of halogens is 1. The molecule has 0 N–H and O–H groups in total. The third-order valence-electron chi connectivity index (χ3n) is 15.7. The third-order valence-corrected chi connectivity index (χ3v) is 15.7. The monoisotopic (exact) mass is 909 g/mol. The molecule has 0 atom stereocenters. The van der Waals surface area contributed by atoms with E-state index in [0.29, 0.717) is 5.56 Å². The van der Waals surface area contributed by atoms with E-state index in [4.69, 9.17) is 0 Å². The average Bonchev–Trinajstić information content (AvgIpc) is 3.87. The summed E-state index contributed by atoms with van der Waals surface area (Å²) in [5.41, 5.74) is 15.3. The number of fused-ring (bicyclic) bond motifs is 9. The van der Waals surface area contributed by atoms with Gasteiger partial charge in [-0.25, -0.2) is 4.39 Å². The highest BCUT2D eigenvalue weighted by molar-refractivity contribution is 6.24. The van der Waals surface area contributed by atoms with E-state index < -0.39 is 5.41 Å². The minimum atomic E-state index is -0.454. The molecule has 0 saturated carbocycles. The standard InChI is InChI=1S/C67H44FN3/c1-67(2)57-39-47-32-34-54(57)64-58(67)40-63-65(55-26-14-15-27-60(55)70(63)44-18-4-3-5-19-44)66(64)71(62-37-43-17-7-9-21-49(43)51-23-11-13-25-53(51)62)45-30-28-41(29-31-45)56-38-46(33-35-59(56)68)69(47)61-36-42-16-6-8-20-48(42)50-22-10-12-24-52(50)61/h3-40H,1-2H3. The van der Waals surface area contributed by atoms with Gasteiger partial charge in [0, 0.05) is 60.8 Å². The number of para-hydroxylation sites is 2. The molecule has 13 aromatic rings. The van der Waals surface area contributed by atoms with Gasteiger partial charge in [0.05, 0.1) is 28.1 Å². The van der Waals surface area contributed by atoms with Crippen LogP contribution in [0.15, 0.2) is 231 Å². The van der Waals surface area contributed by atoms with Crippen LogP contribution in [0.4, 0.5) is 38.5 Å². The first-order valence-corrected chi connectivity index (χ1v) is 24.5. The molecule has 0 fully saturated rings. The Labute approximate surface area is 410 Å². The lowest BCUT2D eigenvalue weighted by molar-refractivity contribution is 0.631. The average molecular weight is 910 g/mol. The second kappa shape index (κ2) is 14.8. The highest BCUT2D eigenvalue weighted by Crippen LogP contribution is 2.60. The summed E-state index contributed by atoms with van der Waals surface area (Å²) in [6.45, 7) is 4.79. The predicted octanol–water partition coefficient (Wildman–Crippen LogP) is 18.8. The molecule has 8 bridgehead atoms. The molecule has 4 heteroatoms. The first-order valence-electron chi connectivity index (χ1n) is 24.5. The minimum Gasteiger partial charge on any atom is -0.310 e. The molecular formula is C67H44FN3. The second-order valence-corrected chi connectivity index (χ2v) is 19.8. The topological polar surface area (TPSA) is 11.4 Å². The van der Waals surface area contributed by atoms with Crippen LogP contribution in [0.5, 0.6) is 0 Å². The Bertz CT molecular complexity index is 4390. The van der Waals surface area contributed by atoms with E-state index >= 15 is 4.39 Å². The van der Waals surface area contributed by atoms with Crippen LogP contribution in [-0.4, -0.2) is 4.57 Å². The van der Waals surface area contributed by atoms with E-state index in [1.165, 1.54) is 54.6 Å². The maximum Gasteiger partial charge on any atom is 0.131 e. The summed E-state index contributed by atoms with van der Waals surface area (Å²) in [5.74, 6) is -0.268. The quantitative estimate of drug-likeness (QED) is 0.164. The number of anilines is 6. The van der Waals surface area contributed by atoms with E-state index in [9.17, 15) is 0 Å². The largest absolute Gasteiger partial charge is 0.310 e. The SMILES string of the molecule is CC1(C)c2cc3ccc2-c2c1cc1c(c2N(c2cc4ccccc4c4ccccc24)c2ccc(cc2)-c2cc(ccc2F)N3c2cc3ccccc3c3ccccc23)c2ccccc2n1-c1ccccc1. The first-order chi connectivity index (χ1) is 34.9. The fourth-order valence-corrected chi connectivity index (χ4v) is 12.4. The summed E-state index contributed by atoms with van der Waals surface area (Å²) in [4.78, 5) is 4.88.